The molecule has 12 aromatic carbocycles. The number of hydrogen-bond donors (Lipinski definition) is 0. The summed E-state index contributed by atoms with van der Waals surface area (Å²) in [6, 6.07) is 111. The molecule has 610 valence electrons. The SMILES string of the molecule is C1=CC=C(c2ccc(-c3ccc(-c4ccccc4)cc3)cc2)C=1.C1=CC=C(c2ccc(-c3ccc(-c4ccccc4)cc3)cc2)C=1.[C-]#[O+].[C-]#[O+].[C-]#[O+].[C-]#[O+].[C-]#[O+].[C-]#[O+].[C-]#[O+].[C-]#[O+].[C-]#[O+].[CH3-].[Mo].[Mo].c1cc(-c2ccc(C3CCCC3)cc2)ccc1-c1ccc(C2CCCC2)cc1.c1cc(-c2ccc(C3CCCC3)cc2)ccc1-c1ccc(C2CCCC2)cc1. The van der Waals surface area contributed by atoms with Crippen molar-refractivity contribution in [2.45, 2.75) is 126 Å². The molecule has 0 amide bonds. The maximum absolute atomic E-state index is 7.50. The van der Waals surface area contributed by atoms with Crippen LogP contribution >= 0.6 is 0 Å². The van der Waals surface area contributed by atoms with Gasteiger partial charge in [0.1, 0.15) is 0 Å². The van der Waals surface area contributed by atoms with Crippen molar-refractivity contribution in [3.8, 4) is 89.0 Å². The van der Waals surface area contributed by atoms with Crippen LogP contribution in [0.1, 0.15) is 160 Å². The average Bonchev–Trinajstić information content (AvgIpc) is 1.79. The quantitative estimate of drug-likeness (QED) is 0.0436. The Morgan fingerprint density at radius 3 is 0.447 bits per heavy atom. The predicted octanol–water partition coefficient (Wildman–Crippen LogP) is 29.0. The Balaban J connectivity index is 0.000000396. The first-order valence-corrected chi connectivity index (χ1v) is 39.8. The number of rotatable bonds is 14. The maximum Gasteiger partial charge on any atom is 0 e. The molecule has 0 unspecified atom stereocenters. The minimum absolute atomic E-state index is 0. The molecule has 9 nitrogen and oxygen atoms in total. The van der Waals surface area contributed by atoms with Crippen molar-refractivity contribution < 1.29 is 84.0 Å². The fourth-order valence-corrected chi connectivity index (χ4v) is 16.2. The van der Waals surface area contributed by atoms with Crippen LogP contribution < -0.4 is 0 Å². The Morgan fingerprint density at radius 2 is 0.309 bits per heavy atom. The van der Waals surface area contributed by atoms with Crippen molar-refractivity contribution in [1.29, 1.82) is 0 Å². The first-order valence-electron chi connectivity index (χ1n) is 39.8. The molecule has 6 aliphatic rings. The molecule has 4 fully saturated rings. The second-order valence-electron chi connectivity index (χ2n) is 28.8. The van der Waals surface area contributed by atoms with E-state index >= 15 is 0 Å². The van der Waals surface area contributed by atoms with Gasteiger partial charge in [0.25, 0.3) is 0 Å². The van der Waals surface area contributed by atoms with E-state index in [1.807, 2.05) is 36.4 Å². The summed E-state index contributed by atoms with van der Waals surface area (Å²) < 4.78 is 67.5. The zero-order valence-corrected chi connectivity index (χ0v) is 73.0. The molecule has 0 spiro atoms. The van der Waals surface area contributed by atoms with Crippen LogP contribution in [0.3, 0.4) is 0 Å². The summed E-state index contributed by atoms with van der Waals surface area (Å²) in [5, 5.41) is 0. The summed E-state index contributed by atoms with van der Waals surface area (Å²) in [4.78, 5) is 0. The van der Waals surface area contributed by atoms with Crippen molar-refractivity contribution in [1.82, 2.24) is 0 Å². The molecule has 0 radical (unpaired) electrons. The molecule has 0 atom stereocenters. The molecule has 0 aliphatic heterocycles. The Bertz CT molecular complexity index is 4840. The van der Waals surface area contributed by atoms with E-state index in [1.165, 1.54) is 236 Å². The van der Waals surface area contributed by atoms with Crippen LogP contribution in [0.4, 0.5) is 0 Å². The summed E-state index contributed by atoms with van der Waals surface area (Å²) in [5.74, 6) is 3.18. The summed E-state index contributed by atoms with van der Waals surface area (Å²) >= 11 is 0. The van der Waals surface area contributed by atoms with E-state index < -0.39 is 0 Å². The average molecular weight is 1780 g/mol. The Morgan fingerprint density at radius 1 is 0.179 bits per heavy atom. The molecule has 0 heterocycles. The van der Waals surface area contributed by atoms with Crippen molar-refractivity contribution in [3.63, 3.8) is 0 Å². The van der Waals surface area contributed by atoms with Crippen LogP contribution in [-0.4, -0.2) is 0 Å². The van der Waals surface area contributed by atoms with Crippen molar-refractivity contribution in [3.05, 3.63) is 452 Å². The van der Waals surface area contributed by atoms with Gasteiger partial charge in [0.05, 0.1) is 0 Å². The summed E-state index contributed by atoms with van der Waals surface area (Å²) in [6.07, 6.45) is 34.2. The zero-order valence-electron chi connectivity index (χ0n) is 68.9. The van der Waals surface area contributed by atoms with Gasteiger partial charge in [0.15, 0.2) is 0 Å². The van der Waals surface area contributed by atoms with Gasteiger partial charge in [-0.1, -0.05) is 355 Å². The Kier molecular flexibility index (Phi) is 52.7. The Hall–Kier alpha value is -11.8. The monoisotopic (exact) mass is 1780 g/mol. The van der Waals surface area contributed by atoms with Crippen LogP contribution in [0.25, 0.3) is 100 Å². The standard InChI is InChI=1S/2C28H30.2C23H16.9CO.CH3.2Mo/c2*1-2-6-21(5-1)23-9-13-25(14-10-23)27-17-19-28(20-18-27)26-15-11-24(12-16-26)22-7-3-4-8-22;2*1-2-6-18(7-3-1)20-10-14-22(15-11-20)23-16-12-21(13-17-23)19-8-4-5-9-19;9*1-2;;;/h2*9-22H,1-8H2;2*1-4,6-17H;;;;;;;;;;1H3;;/q;;;;;;;;;;;;;-1;;. The van der Waals surface area contributed by atoms with Gasteiger partial charge in [-0.3, -0.25) is 0 Å². The first kappa shape index (κ1) is 105. The van der Waals surface area contributed by atoms with E-state index in [4.69, 9.17) is 41.9 Å². The van der Waals surface area contributed by atoms with Gasteiger partial charge in [-0.15, -0.1) is 11.5 Å². The third-order valence-electron chi connectivity index (χ3n) is 22.3. The molecular formula is C112H95Mo2O9-. The predicted molar refractivity (Wildman–Crippen MR) is 477 cm³/mol. The van der Waals surface area contributed by atoms with Crippen molar-refractivity contribution >= 4 is 11.1 Å². The fraction of sp³-hybridized carbons (Fsp3) is 0.179. The molecule has 6 aliphatic carbocycles. The summed E-state index contributed by atoms with van der Waals surface area (Å²) in [7, 11) is 0. The van der Waals surface area contributed by atoms with Crippen LogP contribution in [0.2, 0.25) is 0 Å². The van der Waals surface area contributed by atoms with Gasteiger partial charge in [0, 0.05) is 42.1 Å². The van der Waals surface area contributed by atoms with Gasteiger partial charge in [-0.2, -0.15) is 0 Å². The zero-order chi connectivity index (χ0) is 86.5. The van der Waals surface area contributed by atoms with Gasteiger partial charge in [-0.05, 0) is 245 Å². The van der Waals surface area contributed by atoms with Gasteiger partial charge in [-0.25, -0.2) is 0 Å². The van der Waals surface area contributed by atoms with Crippen molar-refractivity contribution in [2.75, 3.05) is 0 Å². The van der Waals surface area contributed by atoms with Gasteiger partial charge < -0.3 is 7.43 Å². The molecule has 4 saturated carbocycles. The first-order chi connectivity index (χ1) is 59.5. The largest absolute Gasteiger partial charge is 0.358 e. The summed E-state index contributed by atoms with van der Waals surface area (Å²) in [5.41, 5.74) is 37.7. The maximum atomic E-state index is 7.50. The van der Waals surface area contributed by atoms with E-state index in [-0.39, 0.29) is 49.6 Å². The number of allylic oxidation sites excluding steroid dienone is 6. The van der Waals surface area contributed by atoms with Gasteiger partial charge >= 0.3 is 102 Å². The minimum Gasteiger partial charge on any atom is -0.358 e. The minimum atomic E-state index is 0. The fourth-order valence-electron chi connectivity index (χ4n) is 16.2. The normalized spacial score (nSPS) is 13.0. The molecule has 11 heteroatoms. The van der Waals surface area contributed by atoms with E-state index in [0.717, 1.165) is 23.7 Å². The number of hydrogen-bond acceptors (Lipinski definition) is 0. The van der Waals surface area contributed by atoms with Crippen LogP contribution in [0, 0.1) is 67.3 Å². The molecule has 0 bridgehead atoms. The van der Waals surface area contributed by atoms with E-state index in [1.54, 1.807) is 0 Å². The molecule has 0 N–H and O–H groups in total. The van der Waals surface area contributed by atoms with Gasteiger partial charge in [0.2, 0.25) is 0 Å². The topological polar surface area (TPSA) is 179 Å². The number of benzene rings is 12. The smallest absolute Gasteiger partial charge is 0 e. The third kappa shape index (κ3) is 31.6. The Labute approximate surface area is 756 Å². The van der Waals surface area contributed by atoms with E-state index in [2.05, 4.69) is 375 Å². The van der Waals surface area contributed by atoms with Crippen LogP contribution in [0.5, 0.6) is 0 Å². The molecule has 12 aromatic rings. The molecule has 0 aromatic heterocycles. The van der Waals surface area contributed by atoms with E-state index in [0.29, 0.717) is 0 Å². The van der Waals surface area contributed by atoms with Crippen molar-refractivity contribution in [2.24, 2.45) is 0 Å². The van der Waals surface area contributed by atoms with E-state index in [9.17, 15) is 0 Å². The van der Waals surface area contributed by atoms with Crippen LogP contribution in [0.15, 0.2) is 351 Å². The molecule has 0 saturated heterocycles. The third-order valence-corrected chi connectivity index (χ3v) is 22.3. The second-order valence-corrected chi connectivity index (χ2v) is 28.8. The molecular weight excluding hydrogens is 1680 g/mol. The molecule has 123 heavy (non-hydrogen) atoms. The second kappa shape index (κ2) is 61.5. The van der Waals surface area contributed by atoms with Crippen LogP contribution in [-0.2, 0) is 84.0 Å². The summed E-state index contributed by atoms with van der Waals surface area (Å²) in [6.45, 7) is 40.5. The molecule has 18 rings (SSSR count).